The molecule has 0 amide bonds. The van der Waals surface area contributed by atoms with Crippen LogP contribution in [0.25, 0.3) is 11.1 Å². The Morgan fingerprint density at radius 2 is 1.79 bits per heavy atom. The topological polar surface area (TPSA) is 46.4 Å². The van der Waals surface area contributed by atoms with Crippen molar-refractivity contribution in [3.05, 3.63) is 63.7 Å². The first-order valence-corrected chi connectivity index (χ1v) is 6.20. The van der Waals surface area contributed by atoms with Gasteiger partial charge in [0.1, 0.15) is 0 Å². The van der Waals surface area contributed by atoms with E-state index in [1.165, 1.54) is 11.1 Å². The highest BCUT2D eigenvalue weighted by molar-refractivity contribution is 5.77. The minimum absolute atomic E-state index is 0.172. The fourth-order valence-corrected chi connectivity index (χ4v) is 2.70. The Balaban J connectivity index is 2.20. The highest BCUT2D eigenvalue weighted by atomic mass is 16.6. The smallest absolute Gasteiger partial charge is 0.277 e. The monoisotopic (exact) mass is 254 g/mol. The summed E-state index contributed by atoms with van der Waals surface area (Å²) in [6, 6.07) is 13.0. The number of hydrogen-bond donors (Lipinski definition) is 0. The molecule has 19 heavy (non-hydrogen) atoms. The van der Waals surface area contributed by atoms with Gasteiger partial charge in [-0.25, -0.2) is 0 Å². The van der Waals surface area contributed by atoms with Gasteiger partial charge >= 0.3 is 0 Å². The van der Waals surface area contributed by atoms with Gasteiger partial charge in [0.25, 0.3) is 5.69 Å². The molecule has 0 N–H and O–H groups in total. The number of nitro groups is 1. The van der Waals surface area contributed by atoms with Crippen molar-refractivity contribution in [2.24, 2.45) is 0 Å². The molecule has 0 unspecified atom stereocenters. The van der Waals surface area contributed by atoms with Gasteiger partial charge in [0.15, 0.2) is 0 Å². The molecule has 1 aliphatic rings. The average Bonchev–Trinajstić information content (AvgIpc) is 2.78. The molecule has 0 aromatic heterocycles. The molecule has 0 fully saturated rings. The van der Waals surface area contributed by atoms with Gasteiger partial charge in [0.2, 0.25) is 0 Å². The molecule has 0 atom stereocenters. The number of benzene rings is 2. The average molecular weight is 254 g/mol. The fourth-order valence-electron chi connectivity index (χ4n) is 2.70. The van der Waals surface area contributed by atoms with Gasteiger partial charge in [-0.05, 0) is 29.8 Å². The zero-order valence-corrected chi connectivity index (χ0v) is 10.7. The lowest BCUT2D eigenvalue weighted by Crippen LogP contribution is -2.07. The summed E-state index contributed by atoms with van der Waals surface area (Å²) < 4.78 is 0. The lowest BCUT2D eigenvalue weighted by atomic mass is 9.96. The molecule has 1 aliphatic heterocycles. The number of hydrogen-bond acceptors (Lipinski definition) is 3. The molecule has 96 valence electrons. The highest BCUT2D eigenvalue weighted by Gasteiger charge is 2.22. The van der Waals surface area contributed by atoms with Crippen LogP contribution in [0.2, 0.25) is 0 Å². The van der Waals surface area contributed by atoms with Crippen LogP contribution >= 0.6 is 0 Å². The standard InChI is InChI=1S/C15H14N2O2/c1-16-9-11-5-4-7-12(14(11)10-16)13-6-2-3-8-15(13)17(18)19/h2-8H,9-10H2,1H3. The summed E-state index contributed by atoms with van der Waals surface area (Å²) in [7, 11) is 2.06. The van der Waals surface area contributed by atoms with E-state index in [-0.39, 0.29) is 10.6 Å². The van der Waals surface area contributed by atoms with Crippen molar-refractivity contribution < 1.29 is 4.92 Å². The van der Waals surface area contributed by atoms with E-state index in [0.29, 0.717) is 5.56 Å². The maximum absolute atomic E-state index is 11.2. The molecular formula is C15H14N2O2. The van der Waals surface area contributed by atoms with E-state index >= 15 is 0 Å². The van der Waals surface area contributed by atoms with Crippen molar-refractivity contribution in [2.45, 2.75) is 13.1 Å². The van der Waals surface area contributed by atoms with E-state index in [9.17, 15) is 10.1 Å². The van der Waals surface area contributed by atoms with Crippen LogP contribution in [-0.4, -0.2) is 16.9 Å². The minimum Gasteiger partial charge on any atom is -0.298 e. The zero-order chi connectivity index (χ0) is 13.4. The molecule has 4 heteroatoms. The second-order valence-corrected chi connectivity index (χ2v) is 4.89. The lowest BCUT2D eigenvalue weighted by Gasteiger charge is -2.09. The van der Waals surface area contributed by atoms with Crippen LogP contribution in [0.5, 0.6) is 0 Å². The van der Waals surface area contributed by atoms with Crippen LogP contribution in [0.3, 0.4) is 0 Å². The largest absolute Gasteiger partial charge is 0.298 e. The van der Waals surface area contributed by atoms with Gasteiger partial charge < -0.3 is 0 Å². The van der Waals surface area contributed by atoms with Gasteiger partial charge in [-0.2, -0.15) is 0 Å². The van der Waals surface area contributed by atoms with E-state index in [0.717, 1.165) is 18.7 Å². The maximum atomic E-state index is 11.2. The predicted octanol–water partition coefficient (Wildman–Crippen LogP) is 3.21. The summed E-state index contributed by atoms with van der Waals surface area (Å²) in [6.45, 7) is 1.75. The SMILES string of the molecule is CN1Cc2cccc(-c3ccccc3[N+](=O)[O-])c2C1. The summed E-state index contributed by atoms with van der Waals surface area (Å²) in [5.74, 6) is 0. The number of nitro benzene ring substituents is 1. The summed E-state index contributed by atoms with van der Waals surface area (Å²) >= 11 is 0. The predicted molar refractivity (Wildman–Crippen MR) is 73.7 cm³/mol. The number of fused-ring (bicyclic) bond motifs is 1. The number of para-hydroxylation sites is 1. The van der Waals surface area contributed by atoms with Gasteiger partial charge in [-0.15, -0.1) is 0 Å². The van der Waals surface area contributed by atoms with Gasteiger partial charge in [-0.3, -0.25) is 15.0 Å². The van der Waals surface area contributed by atoms with E-state index < -0.39 is 0 Å². The Morgan fingerprint density at radius 1 is 1.05 bits per heavy atom. The van der Waals surface area contributed by atoms with E-state index in [1.54, 1.807) is 12.1 Å². The molecular weight excluding hydrogens is 240 g/mol. The van der Waals surface area contributed by atoms with Gasteiger partial charge in [0.05, 0.1) is 10.5 Å². The van der Waals surface area contributed by atoms with Crippen LogP contribution in [0.4, 0.5) is 5.69 Å². The molecule has 4 nitrogen and oxygen atoms in total. The van der Waals surface area contributed by atoms with Crippen molar-refractivity contribution in [3.63, 3.8) is 0 Å². The second-order valence-electron chi connectivity index (χ2n) is 4.89. The van der Waals surface area contributed by atoms with Crippen molar-refractivity contribution in [3.8, 4) is 11.1 Å². The first-order chi connectivity index (χ1) is 9.16. The zero-order valence-electron chi connectivity index (χ0n) is 10.7. The normalized spacial score (nSPS) is 14.4. The Bertz CT molecular complexity index is 652. The van der Waals surface area contributed by atoms with Gasteiger partial charge in [0, 0.05) is 19.2 Å². The summed E-state index contributed by atoms with van der Waals surface area (Å²) in [6.07, 6.45) is 0. The molecule has 0 bridgehead atoms. The minimum atomic E-state index is -0.312. The quantitative estimate of drug-likeness (QED) is 0.610. The summed E-state index contributed by atoms with van der Waals surface area (Å²) in [4.78, 5) is 13.1. The fraction of sp³-hybridized carbons (Fsp3) is 0.200. The molecule has 0 aliphatic carbocycles. The molecule has 0 saturated carbocycles. The van der Waals surface area contributed by atoms with Crippen molar-refractivity contribution in [2.75, 3.05) is 7.05 Å². The lowest BCUT2D eigenvalue weighted by molar-refractivity contribution is -0.384. The highest BCUT2D eigenvalue weighted by Crippen LogP contribution is 2.36. The van der Waals surface area contributed by atoms with Crippen LogP contribution in [-0.2, 0) is 13.1 Å². The molecule has 2 aromatic carbocycles. The Morgan fingerprint density at radius 3 is 2.58 bits per heavy atom. The molecule has 2 aromatic rings. The van der Waals surface area contributed by atoms with Crippen molar-refractivity contribution in [1.82, 2.24) is 4.90 Å². The first-order valence-electron chi connectivity index (χ1n) is 6.20. The van der Waals surface area contributed by atoms with Gasteiger partial charge in [-0.1, -0.05) is 30.3 Å². The Labute approximate surface area is 111 Å². The summed E-state index contributed by atoms with van der Waals surface area (Å²) in [5.41, 5.74) is 4.33. The molecule has 1 heterocycles. The third-order valence-corrected chi connectivity index (χ3v) is 3.53. The van der Waals surface area contributed by atoms with Crippen LogP contribution in [0.15, 0.2) is 42.5 Å². The molecule has 0 spiro atoms. The molecule has 3 rings (SSSR count). The first kappa shape index (κ1) is 11.9. The van der Waals surface area contributed by atoms with Crippen molar-refractivity contribution in [1.29, 1.82) is 0 Å². The molecule has 0 radical (unpaired) electrons. The van der Waals surface area contributed by atoms with E-state index in [4.69, 9.17) is 0 Å². The Hall–Kier alpha value is -2.20. The second kappa shape index (κ2) is 4.48. The van der Waals surface area contributed by atoms with E-state index in [2.05, 4.69) is 18.0 Å². The summed E-state index contributed by atoms with van der Waals surface area (Å²) in [5, 5.41) is 11.2. The Kier molecular flexibility index (Phi) is 2.80. The third-order valence-electron chi connectivity index (χ3n) is 3.53. The van der Waals surface area contributed by atoms with E-state index in [1.807, 2.05) is 24.3 Å². The van der Waals surface area contributed by atoms with Crippen molar-refractivity contribution >= 4 is 5.69 Å². The molecule has 0 saturated heterocycles. The number of rotatable bonds is 2. The van der Waals surface area contributed by atoms with Crippen LogP contribution in [0.1, 0.15) is 11.1 Å². The third kappa shape index (κ3) is 2.00. The van der Waals surface area contributed by atoms with Crippen LogP contribution in [0, 0.1) is 10.1 Å². The number of nitrogens with zero attached hydrogens (tertiary/aromatic N) is 2. The van der Waals surface area contributed by atoms with Crippen LogP contribution < -0.4 is 0 Å². The maximum Gasteiger partial charge on any atom is 0.277 e.